The van der Waals surface area contributed by atoms with Crippen molar-refractivity contribution in [1.29, 1.82) is 0 Å². The molecule has 0 amide bonds. The third-order valence-electron chi connectivity index (χ3n) is 2.40. The Balaban J connectivity index is 2.41. The maximum Gasteiger partial charge on any atom is 0.0287 e. The van der Waals surface area contributed by atoms with Gasteiger partial charge in [0.05, 0.1) is 0 Å². The molecule has 0 aromatic carbocycles. The fourth-order valence-electron chi connectivity index (χ4n) is 1.79. The molecule has 11 heavy (non-hydrogen) atoms. The van der Waals surface area contributed by atoms with E-state index >= 15 is 0 Å². The Morgan fingerprint density at radius 3 is 2.27 bits per heavy atom. The molecule has 1 aliphatic rings. The van der Waals surface area contributed by atoms with Gasteiger partial charge in [0.1, 0.15) is 0 Å². The first kappa shape index (κ1) is 9.01. The fourth-order valence-corrected chi connectivity index (χ4v) is 1.79. The number of nitrogens with zero attached hydrogens (tertiary/aromatic N) is 2. The van der Waals surface area contributed by atoms with Gasteiger partial charge in [-0.3, -0.25) is 4.90 Å². The molecule has 1 aliphatic heterocycles. The largest absolute Gasteiger partial charge is 0.295 e. The Bertz CT molecular complexity index is 104. The molecular formula is C9H19N2. The lowest BCUT2D eigenvalue weighted by Crippen LogP contribution is -2.52. The highest BCUT2D eigenvalue weighted by Crippen LogP contribution is 2.10. The van der Waals surface area contributed by atoms with E-state index in [0.29, 0.717) is 12.1 Å². The van der Waals surface area contributed by atoms with Crippen LogP contribution in [0, 0.1) is 0 Å². The molecule has 1 rings (SSSR count). The van der Waals surface area contributed by atoms with E-state index < -0.39 is 0 Å². The number of piperazine rings is 1. The predicted octanol–water partition coefficient (Wildman–Crippen LogP) is 1.09. The molecule has 1 saturated heterocycles. The molecule has 2 heteroatoms. The number of hydrogen-bond donors (Lipinski definition) is 0. The lowest BCUT2D eigenvalue weighted by Gasteiger charge is -2.38. The molecule has 65 valence electrons. The quantitative estimate of drug-likeness (QED) is 0.583. The Kier molecular flexibility index (Phi) is 3.34. The number of hydrogen-bond acceptors (Lipinski definition) is 1. The van der Waals surface area contributed by atoms with Gasteiger partial charge in [0, 0.05) is 25.2 Å². The SMILES string of the molecule is CCCN1C(C)C[N]CC1C. The highest BCUT2D eigenvalue weighted by atomic mass is 15.2. The predicted molar refractivity (Wildman–Crippen MR) is 47.8 cm³/mol. The zero-order valence-corrected chi connectivity index (χ0v) is 7.88. The molecule has 2 unspecified atom stereocenters. The highest BCUT2D eigenvalue weighted by Gasteiger charge is 2.23. The van der Waals surface area contributed by atoms with Crippen molar-refractivity contribution >= 4 is 0 Å². The summed E-state index contributed by atoms with van der Waals surface area (Å²) in [6.45, 7) is 10.1. The molecule has 0 spiro atoms. The maximum absolute atomic E-state index is 4.43. The van der Waals surface area contributed by atoms with Crippen LogP contribution in [0.5, 0.6) is 0 Å². The summed E-state index contributed by atoms with van der Waals surface area (Å²) in [5.74, 6) is 0. The molecule has 1 heterocycles. The minimum Gasteiger partial charge on any atom is -0.295 e. The minimum absolute atomic E-state index is 0.665. The molecule has 1 fully saturated rings. The molecule has 0 aromatic rings. The van der Waals surface area contributed by atoms with Gasteiger partial charge >= 0.3 is 0 Å². The summed E-state index contributed by atoms with van der Waals surface area (Å²) in [5.41, 5.74) is 0. The number of rotatable bonds is 2. The summed E-state index contributed by atoms with van der Waals surface area (Å²) in [4.78, 5) is 2.56. The third kappa shape index (κ3) is 2.17. The Morgan fingerprint density at radius 2 is 1.82 bits per heavy atom. The molecule has 0 bridgehead atoms. The van der Waals surface area contributed by atoms with Crippen LogP contribution in [0.15, 0.2) is 0 Å². The van der Waals surface area contributed by atoms with Crippen LogP contribution in [0.25, 0.3) is 0 Å². The van der Waals surface area contributed by atoms with E-state index in [9.17, 15) is 0 Å². The summed E-state index contributed by atoms with van der Waals surface area (Å²) in [7, 11) is 0. The summed E-state index contributed by atoms with van der Waals surface area (Å²) in [6.07, 6.45) is 1.26. The molecule has 0 saturated carbocycles. The maximum atomic E-state index is 4.43. The van der Waals surface area contributed by atoms with Gasteiger partial charge < -0.3 is 0 Å². The molecule has 1 radical (unpaired) electrons. The molecular weight excluding hydrogens is 136 g/mol. The second-order valence-electron chi connectivity index (χ2n) is 3.52. The van der Waals surface area contributed by atoms with Crippen LogP contribution in [-0.4, -0.2) is 36.6 Å². The molecule has 0 aromatic heterocycles. The van der Waals surface area contributed by atoms with Gasteiger partial charge in [-0.1, -0.05) is 6.92 Å². The van der Waals surface area contributed by atoms with Crippen LogP contribution in [0.2, 0.25) is 0 Å². The normalized spacial score (nSPS) is 34.1. The van der Waals surface area contributed by atoms with Gasteiger partial charge in [0.2, 0.25) is 0 Å². The van der Waals surface area contributed by atoms with Gasteiger partial charge in [-0.2, -0.15) is 0 Å². The average Bonchev–Trinajstić information content (AvgIpc) is 1.97. The molecule has 2 nitrogen and oxygen atoms in total. The Morgan fingerprint density at radius 1 is 1.27 bits per heavy atom. The van der Waals surface area contributed by atoms with E-state index in [-0.39, 0.29) is 0 Å². The standard InChI is InChI=1S/C9H19N2/c1-4-5-11-8(2)6-10-7-9(11)3/h8-9H,4-7H2,1-3H3. The van der Waals surface area contributed by atoms with Crippen molar-refractivity contribution in [3.63, 3.8) is 0 Å². The van der Waals surface area contributed by atoms with Gasteiger partial charge in [0.25, 0.3) is 0 Å². The topological polar surface area (TPSA) is 17.3 Å². The van der Waals surface area contributed by atoms with E-state index in [0.717, 1.165) is 13.1 Å². The second kappa shape index (κ2) is 4.07. The summed E-state index contributed by atoms with van der Waals surface area (Å²) >= 11 is 0. The Labute approximate surface area is 70.0 Å². The first-order valence-electron chi connectivity index (χ1n) is 4.64. The van der Waals surface area contributed by atoms with Crippen LogP contribution in [0.4, 0.5) is 0 Å². The van der Waals surface area contributed by atoms with Crippen molar-refractivity contribution in [2.45, 2.75) is 39.3 Å². The molecule has 0 aliphatic carbocycles. The van der Waals surface area contributed by atoms with Crippen molar-refractivity contribution in [3.05, 3.63) is 0 Å². The van der Waals surface area contributed by atoms with Gasteiger partial charge in [-0.05, 0) is 26.8 Å². The first-order chi connectivity index (χ1) is 5.25. The van der Waals surface area contributed by atoms with Gasteiger partial charge in [0.15, 0.2) is 0 Å². The van der Waals surface area contributed by atoms with Crippen LogP contribution in [0.1, 0.15) is 27.2 Å². The van der Waals surface area contributed by atoms with Crippen molar-refractivity contribution in [1.82, 2.24) is 10.2 Å². The van der Waals surface area contributed by atoms with Crippen molar-refractivity contribution in [3.8, 4) is 0 Å². The van der Waals surface area contributed by atoms with E-state index in [4.69, 9.17) is 0 Å². The molecule has 0 N–H and O–H groups in total. The van der Waals surface area contributed by atoms with Gasteiger partial charge in [-0.15, -0.1) is 0 Å². The van der Waals surface area contributed by atoms with E-state index in [1.54, 1.807) is 0 Å². The van der Waals surface area contributed by atoms with E-state index in [1.807, 2.05) is 0 Å². The third-order valence-corrected chi connectivity index (χ3v) is 2.40. The van der Waals surface area contributed by atoms with Gasteiger partial charge in [-0.25, -0.2) is 5.32 Å². The van der Waals surface area contributed by atoms with Crippen molar-refractivity contribution in [2.75, 3.05) is 19.6 Å². The molecule has 2 atom stereocenters. The fraction of sp³-hybridized carbons (Fsp3) is 1.00. The zero-order valence-electron chi connectivity index (χ0n) is 7.88. The summed E-state index contributed by atoms with van der Waals surface area (Å²) in [5, 5.41) is 4.43. The average molecular weight is 155 g/mol. The lowest BCUT2D eigenvalue weighted by molar-refractivity contribution is 0.115. The summed E-state index contributed by atoms with van der Waals surface area (Å²) in [6, 6.07) is 1.33. The monoisotopic (exact) mass is 155 g/mol. The van der Waals surface area contributed by atoms with Crippen LogP contribution >= 0.6 is 0 Å². The lowest BCUT2D eigenvalue weighted by atomic mass is 10.1. The highest BCUT2D eigenvalue weighted by molar-refractivity contribution is 4.81. The smallest absolute Gasteiger partial charge is 0.0287 e. The zero-order chi connectivity index (χ0) is 8.27. The Hall–Kier alpha value is -0.0800. The second-order valence-corrected chi connectivity index (χ2v) is 3.52. The van der Waals surface area contributed by atoms with Crippen molar-refractivity contribution < 1.29 is 0 Å². The van der Waals surface area contributed by atoms with Crippen LogP contribution < -0.4 is 5.32 Å². The summed E-state index contributed by atoms with van der Waals surface area (Å²) < 4.78 is 0. The minimum atomic E-state index is 0.665. The van der Waals surface area contributed by atoms with E-state index in [1.165, 1.54) is 13.0 Å². The van der Waals surface area contributed by atoms with Crippen LogP contribution in [0.3, 0.4) is 0 Å². The van der Waals surface area contributed by atoms with E-state index in [2.05, 4.69) is 31.0 Å². The first-order valence-corrected chi connectivity index (χ1v) is 4.64. The van der Waals surface area contributed by atoms with Crippen LogP contribution in [-0.2, 0) is 0 Å². The van der Waals surface area contributed by atoms with Crippen molar-refractivity contribution in [2.24, 2.45) is 0 Å².